The van der Waals surface area contributed by atoms with Gasteiger partial charge in [-0.1, -0.05) is 17.7 Å². The van der Waals surface area contributed by atoms with Crippen LogP contribution in [0.15, 0.2) is 30.3 Å². The molecule has 0 aromatic heterocycles. The fraction of sp³-hybridized carbons (Fsp3) is 0.316. The molecule has 5 nitrogen and oxygen atoms in total. The zero-order chi connectivity index (χ0) is 18.4. The molecule has 0 saturated heterocycles. The molecule has 0 saturated carbocycles. The van der Waals surface area contributed by atoms with Gasteiger partial charge in [0.25, 0.3) is 0 Å². The second-order valence-electron chi connectivity index (χ2n) is 5.78. The van der Waals surface area contributed by atoms with Crippen molar-refractivity contribution in [1.29, 1.82) is 0 Å². The third-order valence-corrected chi connectivity index (χ3v) is 4.14. The number of anilines is 1. The summed E-state index contributed by atoms with van der Waals surface area (Å²) in [7, 11) is 1.54. The predicted octanol–water partition coefficient (Wildman–Crippen LogP) is 4.47. The first-order valence-corrected chi connectivity index (χ1v) is 8.37. The van der Waals surface area contributed by atoms with Crippen LogP contribution in [-0.4, -0.2) is 26.3 Å². The lowest BCUT2D eigenvalue weighted by molar-refractivity contribution is 0.247. The summed E-state index contributed by atoms with van der Waals surface area (Å²) in [5, 5.41) is 5.90. The first-order chi connectivity index (χ1) is 11.9. The molecule has 25 heavy (non-hydrogen) atoms. The average molecular weight is 363 g/mol. The number of amides is 2. The van der Waals surface area contributed by atoms with Crippen molar-refractivity contribution < 1.29 is 14.3 Å². The number of benzene rings is 2. The summed E-state index contributed by atoms with van der Waals surface area (Å²) in [5.41, 5.74) is 4.10. The number of hydrogen-bond acceptors (Lipinski definition) is 3. The highest BCUT2D eigenvalue weighted by Crippen LogP contribution is 2.27. The maximum absolute atomic E-state index is 11.9. The second kappa shape index (κ2) is 8.62. The topological polar surface area (TPSA) is 59.6 Å². The lowest BCUT2D eigenvalue weighted by Crippen LogP contribution is -2.32. The fourth-order valence-corrected chi connectivity index (χ4v) is 2.59. The van der Waals surface area contributed by atoms with Crippen molar-refractivity contribution in [2.24, 2.45) is 0 Å². The minimum absolute atomic E-state index is 0.318. The minimum Gasteiger partial charge on any atom is -0.495 e. The average Bonchev–Trinajstić information content (AvgIpc) is 2.56. The maximum atomic E-state index is 11.9. The van der Waals surface area contributed by atoms with Crippen molar-refractivity contribution in [2.45, 2.75) is 20.8 Å². The van der Waals surface area contributed by atoms with Gasteiger partial charge in [-0.25, -0.2) is 4.79 Å². The van der Waals surface area contributed by atoms with E-state index in [1.165, 1.54) is 18.2 Å². The molecule has 2 aromatic carbocycles. The molecule has 0 spiro atoms. The van der Waals surface area contributed by atoms with Gasteiger partial charge in [0.15, 0.2) is 0 Å². The number of halogens is 1. The second-order valence-corrected chi connectivity index (χ2v) is 6.19. The Morgan fingerprint density at radius 2 is 1.76 bits per heavy atom. The van der Waals surface area contributed by atoms with E-state index in [0.29, 0.717) is 29.6 Å². The van der Waals surface area contributed by atoms with Gasteiger partial charge in [-0.15, -0.1) is 0 Å². The van der Waals surface area contributed by atoms with E-state index >= 15 is 0 Å². The highest BCUT2D eigenvalue weighted by Gasteiger charge is 2.06. The summed E-state index contributed by atoms with van der Waals surface area (Å²) in [6.45, 7) is 6.91. The fourth-order valence-electron chi connectivity index (χ4n) is 2.33. The summed E-state index contributed by atoms with van der Waals surface area (Å²) >= 11 is 6.03. The number of rotatable bonds is 6. The lowest BCUT2D eigenvalue weighted by atomic mass is 10.1. The van der Waals surface area contributed by atoms with Gasteiger partial charge < -0.3 is 20.1 Å². The summed E-state index contributed by atoms with van der Waals surface area (Å²) in [4.78, 5) is 11.9. The summed E-state index contributed by atoms with van der Waals surface area (Å²) in [6, 6.07) is 8.85. The van der Waals surface area contributed by atoms with Gasteiger partial charge in [-0.3, -0.25) is 0 Å². The molecular formula is C19H23ClN2O3. The third kappa shape index (κ3) is 5.29. The Kier molecular flexibility index (Phi) is 6.53. The van der Waals surface area contributed by atoms with Gasteiger partial charge in [0.05, 0.1) is 18.7 Å². The van der Waals surface area contributed by atoms with Crippen LogP contribution in [0.2, 0.25) is 5.02 Å². The number of urea groups is 1. The van der Waals surface area contributed by atoms with E-state index in [9.17, 15) is 4.79 Å². The number of ether oxygens (including phenoxy) is 2. The largest absolute Gasteiger partial charge is 0.495 e. The molecule has 0 atom stereocenters. The number of hydrogen-bond donors (Lipinski definition) is 2. The summed E-state index contributed by atoms with van der Waals surface area (Å²) in [5.74, 6) is 1.40. The van der Waals surface area contributed by atoms with Crippen molar-refractivity contribution in [3.63, 3.8) is 0 Å². The van der Waals surface area contributed by atoms with Crippen LogP contribution in [0.5, 0.6) is 11.5 Å². The zero-order valence-corrected chi connectivity index (χ0v) is 15.7. The summed E-state index contributed by atoms with van der Waals surface area (Å²) in [6.07, 6.45) is 0. The molecule has 0 aliphatic rings. The van der Waals surface area contributed by atoms with E-state index in [1.54, 1.807) is 18.2 Å². The van der Waals surface area contributed by atoms with Gasteiger partial charge in [-0.2, -0.15) is 0 Å². The quantitative estimate of drug-likeness (QED) is 0.745. The molecule has 0 aliphatic carbocycles. The standard InChI is InChI=1S/C19H23ClN2O3/c1-12-9-14(3)18(10-13(12)2)25-8-7-21-19(23)22-15-5-6-17(24-4)16(20)11-15/h5-6,9-11H,7-8H2,1-4H3,(H2,21,22,23). The van der Waals surface area contributed by atoms with E-state index in [0.717, 1.165) is 11.3 Å². The molecule has 2 amide bonds. The molecular weight excluding hydrogens is 340 g/mol. The molecule has 0 bridgehead atoms. The molecule has 0 unspecified atom stereocenters. The Hall–Kier alpha value is -2.40. The Balaban J connectivity index is 1.79. The van der Waals surface area contributed by atoms with Gasteiger partial charge in [0, 0.05) is 5.69 Å². The number of methoxy groups -OCH3 is 1. The molecule has 134 valence electrons. The number of carbonyl (C=O) groups is 1. The van der Waals surface area contributed by atoms with Crippen molar-refractivity contribution in [3.05, 3.63) is 52.0 Å². The third-order valence-electron chi connectivity index (χ3n) is 3.85. The highest BCUT2D eigenvalue weighted by atomic mass is 35.5. The lowest BCUT2D eigenvalue weighted by Gasteiger charge is -2.13. The Labute approximate surface area is 153 Å². The van der Waals surface area contributed by atoms with E-state index in [2.05, 4.69) is 23.6 Å². The Morgan fingerprint density at radius 1 is 1.04 bits per heavy atom. The molecule has 2 rings (SSSR count). The number of nitrogens with one attached hydrogen (secondary N) is 2. The Morgan fingerprint density at radius 3 is 2.44 bits per heavy atom. The van der Waals surface area contributed by atoms with Crippen molar-refractivity contribution >= 4 is 23.3 Å². The molecule has 0 heterocycles. The predicted molar refractivity (Wildman–Crippen MR) is 101 cm³/mol. The number of aryl methyl sites for hydroxylation is 3. The van der Waals surface area contributed by atoms with Crippen LogP contribution in [0.4, 0.5) is 10.5 Å². The van der Waals surface area contributed by atoms with Gasteiger partial charge >= 0.3 is 6.03 Å². The van der Waals surface area contributed by atoms with Crippen molar-refractivity contribution in [2.75, 3.05) is 25.6 Å². The van der Waals surface area contributed by atoms with Crippen LogP contribution in [0, 0.1) is 20.8 Å². The van der Waals surface area contributed by atoms with Crippen LogP contribution in [0.3, 0.4) is 0 Å². The number of carbonyl (C=O) groups excluding carboxylic acids is 1. The van der Waals surface area contributed by atoms with Crippen LogP contribution < -0.4 is 20.1 Å². The molecule has 0 fully saturated rings. The van der Waals surface area contributed by atoms with E-state index in [-0.39, 0.29) is 6.03 Å². The molecule has 0 aliphatic heterocycles. The molecule has 0 radical (unpaired) electrons. The van der Waals surface area contributed by atoms with Crippen LogP contribution in [0.1, 0.15) is 16.7 Å². The monoisotopic (exact) mass is 362 g/mol. The normalized spacial score (nSPS) is 10.3. The van der Waals surface area contributed by atoms with Gasteiger partial charge in [-0.05, 0) is 61.7 Å². The minimum atomic E-state index is -0.318. The molecule has 2 N–H and O–H groups in total. The maximum Gasteiger partial charge on any atom is 0.319 e. The van der Waals surface area contributed by atoms with E-state index < -0.39 is 0 Å². The molecule has 2 aromatic rings. The summed E-state index contributed by atoms with van der Waals surface area (Å²) < 4.78 is 10.8. The first kappa shape index (κ1) is 18.9. The highest BCUT2D eigenvalue weighted by molar-refractivity contribution is 6.32. The van der Waals surface area contributed by atoms with E-state index in [1.807, 2.05) is 19.9 Å². The van der Waals surface area contributed by atoms with Gasteiger partial charge in [0.2, 0.25) is 0 Å². The zero-order valence-electron chi connectivity index (χ0n) is 14.9. The van der Waals surface area contributed by atoms with Crippen molar-refractivity contribution in [1.82, 2.24) is 5.32 Å². The van der Waals surface area contributed by atoms with E-state index in [4.69, 9.17) is 21.1 Å². The van der Waals surface area contributed by atoms with Crippen LogP contribution in [0.25, 0.3) is 0 Å². The van der Waals surface area contributed by atoms with Crippen molar-refractivity contribution in [3.8, 4) is 11.5 Å². The smallest absolute Gasteiger partial charge is 0.319 e. The molecule has 6 heteroatoms. The SMILES string of the molecule is COc1ccc(NC(=O)NCCOc2cc(C)c(C)cc2C)cc1Cl. The van der Waals surface area contributed by atoms with Crippen LogP contribution >= 0.6 is 11.6 Å². The van der Waals surface area contributed by atoms with Crippen LogP contribution in [-0.2, 0) is 0 Å². The Bertz CT molecular complexity index is 763. The van der Waals surface area contributed by atoms with Gasteiger partial charge in [0.1, 0.15) is 18.1 Å². The first-order valence-electron chi connectivity index (χ1n) is 7.99.